The summed E-state index contributed by atoms with van der Waals surface area (Å²) in [5, 5.41) is 6.73. The lowest BCUT2D eigenvalue weighted by Gasteiger charge is -2.26. The molecule has 1 aliphatic carbocycles. The van der Waals surface area contributed by atoms with Gasteiger partial charge in [0.25, 0.3) is 0 Å². The SMILES string of the molecule is CC(C)(CNC(=S)NC1CC1)NS(C)(=O)=O. The van der Waals surface area contributed by atoms with Gasteiger partial charge in [-0.1, -0.05) is 0 Å². The Balaban J connectivity index is 2.31. The Morgan fingerprint density at radius 2 is 2.00 bits per heavy atom. The lowest BCUT2D eigenvalue weighted by atomic mass is 10.1. The molecule has 0 saturated heterocycles. The zero-order chi connectivity index (χ0) is 12.4. The molecular formula is C9H19N3O2S2. The van der Waals surface area contributed by atoms with Crippen LogP contribution in [0.2, 0.25) is 0 Å². The summed E-state index contributed by atoms with van der Waals surface area (Å²) in [6.07, 6.45) is 3.47. The fraction of sp³-hybridized carbons (Fsp3) is 0.889. The predicted molar refractivity (Wildman–Crippen MR) is 68.8 cm³/mol. The maximum Gasteiger partial charge on any atom is 0.209 e. The average Bonchev–Trinajstić information content (AvgIpc) is 2.80. The summed E-state index contributed by atoms with van der Waals surface area (Å²) in [4.78, 5) is 0. The van der Waals surface area contributed by atoms with Crippen LogP contribution in [0, 0.1) is 0 Å². The smallest absolute Gasteiger partial charge is 0.209 e. The number of rotatable bonds is 5. The zero-order valence-electron chi connectivity index (χ0n) is 9.83. The minimum atomic E-state index is -3.19. The van der Waals surface area contributed by atoms with Gasteiger partial charge in [-0.25, -0.2) is 13.1 Å². The third-order valence-corrected chi connectivity index (χ3v) is 3.25. The number of hydrogen-bond donors (Lipinski definition) is 3. The summed E-state index contributed by atoms with van der Waals surface area (Å²) >= 11 is 5.08. The largest absolute Gasteiger partial charge is 0.361 e. The molecule has 0 aliphatic heterocycles. The molecule has 0 radical (unpaired) electrons. The molecule has 94 valence electrons. The standard InChI is InChI=1S/C9H19N3O2S2/c1-9(2,12-16(3,13)14)6-10-8(15)11-7-4-5-7/h7,12H,4-6H2,1-3H3,(H2,10,11,15). The highest BCUT2D eigenvalue weighted by atomic mass is 32.2. The van der Waals surface area contributed by atoms with Crippen molar-refractivity contribution in [2.24, 2.45) is 0 Å². The van der Waals surface area contributed by atoms with E-state index in [9.17, 15) is 8.42 Å². The van der Waals surface area contributed by atoms with Crippen LogP contribution in [0.4, 0.5) is 0 Å². The Morgan fingerprint density at radius 3 is 2.44 bits per heavy atom. The predicted octanol–water partition coefficient (Wildman–Crippen LogP) is -0.0593. The van der Waals surface area contributed by atoms with Crippen LogP contribution < -0.4 is 15.4 Å². The summed E-state index contributed by atoms with van der Waals surface area (Å²) < 4.78 is 24.7. The minimum Gasteiger partial charge on any atom is -0.361 e. The van der Waals surface area contributed by atoms with Gasteiger partial charge in [0.2, 0.25) is 10.0 Å². The lowest BCUT2D eigenvalue weighted by molar-refractivity contribution is 0.448. The third kappa shape index (κ3) is 6.24. The number of nitrogens with one attached hydrogen (secondary N) is 3. The van der Waals surface area contributed by atoms with Gasteiger partial charge in [-0.05, 0) is 38.9 Å². The average molecular weight is 265 g/mol. The molecule has 1 rings (SSSR count). The summed E-state index contributed by atoms with van der Waals surface area (Å²) in [6.45, 7) is 4.07. The van der Waals surface area contributed by atoms with Gasteiger partial charge in [-0.2, -0.15) is 0 Å². The second kappa shape index (κ2) is 4.85. The third-order valence-electron chi connectivity index (χ3n) is 2.07. The first kappa shape index (κ1) is 13.7. The van der Waals surface area contributed by atoms with E-state index in [0.29, 0.717) is 17.7 Å². The van der Waals surface area contributed by atoms with E-state index < -0.39 is 15.6 Å². The quantitative estimate of drug-likeness (QED) is 0.608. The molecule has 0 aromatic rings. The van der Waals surface area contributed by atoms with Crippen molar-refractivity contribution in [1.29, 1.82) is 0 Å². The van der Waals surface area contributed by atoms with Crippen LogP contribution in [0.1, 0.15) is 26.7 Å². The Bertz CT molecular complexity index is 361. The van der Waals surface area contributed by atoms with Gasteiger partial charge in [-0.3, -0.25) is 0 Å². The maximum absolute atomic E-state index is 11.1. The first-order chi connectivity index (χ1) is 7.18. The fourth-order valence-electron chi connectivity index (χ4n) is 1.30. The van der Waals surface area contributed by atoms with Gasteiger partial charge >= 0.3 is 0 Å². The number of sulfonamides is 1. The molecule has 0 unspecified atom stereocenters. The molecule has 0 spiro atoms. The van der Waals surface area contributed by atoms with Crippen LogP contribution in [0.3, 0.4) is 0 Å². The first-order valence-corrected chi connectivity index (χ1v) is 7.51. The van der Waals surface area contributed by atoms with E-state index in [1.807, 2.05) is 0 Å². The lowest BCUT2D eigenvalue weighted by Crippen LogP contribution is -2.52. The van der Waals surface area contributed by atoms with Crippen molar-refractivity contribution in [1.82, 2.24) is 15.4 Å². The van der Waals surface area contributed by atoms with E-state index in [1.165, 1.54) is 0 Å². The van der Waals surface area contributed by atoms with Crippen LogP contribution in [-0.4, -0.2) is 37.9 Å². The monoisotopic (exact) mass is 265 g/mol. The molecule has 3 N–H and O–H groups in total. The highest BCUT2D eigenvalue weighted by molar-refractivity contribution is 7.88. The molecule has 0 aromatic heterocycles. The molecule has 0 amide bonds. The zero-order valence-corrected chi connectivity index (χ0v) is 11.5. The molecule has 0 aromatic carbocycles. The summed E-state index contributed by atoms with van der Waals surface area (Å²) in [6, 6.07) is 0.506. The summed E-state index contributed by atoms with van der Waals surface area (Å²) in [7, 11) is -3.19. The van der Waals surface area contributed by atoms with Crippen molar-refractivity contribution in [3.05, 3.63) is 0 Å². The number of thiocarbonyl (C=S) groups is 1. The van der Waals surface area contributed by atoms with Crippen molar-refractivity contribution in [2.75, 3.05) is 12.8 Å². The summed E-state index contributed by atoms with van der Waals surface area (Å²) in [5.41, 5.74) is -0.553. The molecule has 16 heavy (non-hydrogen) atoms. The van der Waals surface area contributed by atoms with Gasteiger partial charge in [0, 0.05) is 18.1 Å². The normalized spacial score (nSPS) is 16.9. The molecule has 5 nitrogen and oxygen atoms in total. The van der Waals surface area contributed by atoms with E-state index in [-0.39, 0.29) is 0 Å². The van der Waals surface area contributed by atoms with Crippen LogP contribution in [0.5, 0.6) is 0 Å². The Labute approximate surface area is 102 Å². The minimum absolute atomic E-state index is 0.457. The highest BCUT2D eigenvalue weighted by Crippen LogP contribution is 2.18. The molecule has 0 atom stereocenters. The van der Waals surface area contributed by atoms with Gasteiger partial charge in [0.15, 0.2) is 5.11 Å². The van der Waals surface area contributed by atoms with E-state index in [2.05, 4.69) is 15.4 Å². The van der Waals surface area contributed by atoms with Crippen molar-refractivity contribution in [3.8, 4) is 0 Å². The molecule has 0 bridgehead atoms. The Hall–Kier alpha value is -0.400. The van der Waals surface area contributed by atoms with E-state index in [1.54, 1.807) is 13.8 Å². The first-order valence-electron chi connectivity index (χ1n) is 5.21. The Kier molecular flexibility index (Phi) is 4.14. The molecule has 7 heteroatoms. The van der Waals surface area contributed by atoms with Crippen molar-refractivity contribution < 1.29 is 8.42 Å². The van der Waals surface area contributed by atoms with Gasteiger partial charge in [0.1, 0.15) is 0 Å². The Morgan fingerprint density at radius 1 is 1.44 bits per heavy atom. The van der Waals surface area contributed by atoms with E-state index in [4.69, 9.17) is 12.2 Å². The van der Waals surface area contributed by atoms with Crippen LogP contribution in [-0.2, 0) is 10.0 Å². The fourth-order valence-corrected chi connectivity index (χ4v) is 2.62. The highest BCUT2D eigenvalue weighted by Gasteiger charge is 2.24. The number of hydrogen-bond acceptors (Lipinski definition) is 3. The second-order valence-corrected chi connectivity index (χ2v) is 7.02. The maximum atomic E-state index is 11.1. The van der Waals surface area contributed by atoms with Crippen LogP contribution >= 0.6 is 12.2 Å². The molecular weight excluding hydrogens is 246 g/mol. The molecule has 1 fully saturated rings. The van der Waals surface area contributed by atoms with Gasteiger partial charge < -0.3 is 10.6 Å². The van der Waals surface area contributed by atoms with Gasteiger partial charge in [0.05, 0.1) is 6.26 Å². The van der Waals surface area contributed by atoms with Gasteiger partial charge in [-0.15, -0.1) is 0 Å². The molecule has 0 heterocycles. The van der Waals surface area contributed by atoms with Crippen molar-refractivity contribution >= 4 is 27.4 Å². The van der Waals surface area contributed by atoms with Crippen LogP contribution in [0.25, 0.3) is 0 Å². The second-order valence-electron chi connectivity index (χ2n) is 4.86. The molecule has 1 saturated carbocycles. The van der Waals surface area contributed by atoms with E-state index in [0.717, 1.165) is 19.1 Å². The molecule has 1 aliphatic rings. The van der Waals surface area contributed by atoms with Crippen molar-refractivity contribution in [2.45, 2.75) is 38.3 Å². The van der Waals surface area contributed by atoms with Crippen molar-refractivity contribution in [3.63, 3.8) is 0 Å². The topological polar surface area (TPSA) is 70.2 Å². The summed E-state index contributed by atoms with van der Waals surface area (Å²) in [5.74, 6) is 0. The van der Waals surface area contributed by atoms with Crippen LogP contribution in [0.15, 0.2) is 0 Å². The van der Waals surface area contributed by atoms with E-state index >= 15 is 0 Å².